The van der Waals surface area contributed by atoms with Gasteiger partial charge in [0.05, 0.1) is 18.6 Å². The predicted molar refractivity (Wildman–Crippen MR) is 122 cm³/mol. The number of carbonyl (C=O) groups is 1. The average Bonchev–Trinajstić information content (AvgIpc) is 2.72. The molecule has 0 bridgehead atoms. The summed E-state index contributed by atoms with van der Waals surface area (Å²) in [5.41, 5.74) is -0.814. The van der Waals surface area contributed by atoms with Crippen molar-refractivity contribution in [2.24, 2.45) is 11.8 Å². The first kappa shape index (κ1) is 26.6. The smallest absolute Gasteiger partial charge is 0.314 e. The van der Waals surface area contributed by atoms with Crippen LogP contribution in [0.25, 0.3) is 0 Å². The summed E-state index contributed by atoms with van der Waals surface area (Å²) < 4.78 is 40.0. The second-order valence-corrected chi connectivity index (χ2v) is 10.0. The summed E-state index contributed by atoms with van der Waals surface area (Å²) >= 11 is 0. The summed E-state index contributed by atoms with van der Waals surface area (Å²) in [6.07, 6.45) is 6.53. The van der Waals surface area contributed by atoms with E-state index in [1.807, 2.05) is 0 Å². The number of halogens is 2. The van der Waals surface area contributed by atoms with E-state index >= 15 is 0 Å². The molecule has 1 fully saturated rings. The van der Waals surface area contributed by atoms with Crippen molar-refractivity contribution in [1.29, 1.82) is 0 Å². The van der Waals surface area contributed by atoms with Gasteiger partial charge in [-0.05, 0) is 71.3 Å². The first-order valence-corrected chi connectivity index (χ1v) is 12.1. The van der Waals surface area contributed by atoms with E-state index in [2.05, 4.69) is 6.92 Å². The molecule has 0 aliphatic heterocycles. The van der Waals surface area contributed by atoms with Gasteiger partial charge in [0.1, 0.15) is 5.60 Å². The number of benzene rings is 1. The van der Waals surface area contributed by atoms with E-state index in [1.54, 1.807) is 27.7 Å². The van der Waals surface area contributed by atoms with Crippen molar-refractivity contribution in [3.63, 3.8) is 0 Å². The standard InChI is InChI=1S/C26H40F2O4/c1-6-8-17-9-11-18(12-10-17)21(29)15-13-20(25(30)32-26(3,4)5)19-14-16-22(31-7-2)24(28)23(19)27/h14,16-18,20-21,29H,6-13,15H2,1-5H3/t17-,18-,20?,21?. The third-order valence-corrected chi connectivity index (χ3v) is 6.33. The molecule has 182 valence electrons. The fourth-order valence-corrected chi connectivity index (χ4v) is 4.70. The third kappa shape index (κ3) is 7.43. The summed E-state index contributed by atoms with van der Waals surface area (Å²) in [6, 6.07) is 2.74. The maximum absolute atomic E-state index is 14.9. The Kier molecular flexibility index (Phi) is 9.93. The van der Waals surface area contributed by atoms with Gasteiger partial charge in [-0.3, -0.25) is 4.79 Å². The Morgan fingerprint density at radius 1 is 1.09 bits per heavy atom. The SMILES string of the molecule is CCC[C@H]1CC[C@H](C(O)CCC(C(=O)OC(C)(C)C)c2ccc(OCC)c(F)c2F)CC1. The number of hydrogen-bond donors (Lipinski definition) is 1. The molecule has 2 rings (SSSR count). The highest BCUT2D eigenvalue weighted by molar-refractivity contribution is 5.78. The lowest BCUT2D eigenvalue weighted by molar-refractivity contribution is -0.157. The summed E-state index contributed by atoms with van der Waals surface area (Å²) in [6.45, 7) is 9.30. The number of hydrogen-bond acceptors (Lipinski definition) is 4. The van der Waals surface area contributed by atoms with Crippen LogP contribution < -0.4 is 4.74 Å². The Labute approximate surface area is 191 Å². The number of rotatable bonds is 10. The van der Waals surface area contributed by atoms with E-state index in [4.69, 9.17) is 9.47 Å². The zero-order valence-electron chi connectivity index (χ0n) is 20.3. The molecule has 0 spiro atoms. The van der Waals surface area contributed by atoms with Crippen LogP contribution in [0.15, 0.2) is 12.1 Å². The molecule has 0 saturated heterocycles. The quantitative estimate of drug-likeness (QED) is 0.408. The molecule has 1 aromatic carbocycles. The van der Waals surface area contributed by atoms with Crippen LogP contribution in [-0.4, -0.2) is 29.4 Å². The highest BCUT2D eigenvalue weighted by atomic mass is 19.2. The fraction of sp³-hybridized carbons (Fsp3) is 0.731. The van der Waals surface area contributed by atoms with E-state index in [1.165, 1.54) is 25.0 Å². The zero-order chi connectivity index (χ0) is 23.9. The van der Waals surface area contributed by atoms with Gasteiger partial charge in [-0.2, -0.15) is 4.39 Å². The van der Waals surface area contributed by atoms with E-state index in [-0.39, 0.29) is 30.3 Å². The Bertz CT molecular complexity index is 736. The van der Waals surface area contributed by atoms with Gasteiger partial charge in [0.25, 0.3) is 0 Å². The number of aliphatic hydroxyl groups is 1. The van der Waals surface area contributed by atoms with Crippen molar-refractivity contribution < 1.29 is 28.2 Å². The molecule has 2 unspecified atom stereocenters. The van der Waals surface area contributed by atoms with Crippen LogP contribution in [0.5, 0.6) is 5.75 Å². The normalized spacial score (nSPS) is 21.1. The lowest BCUT2D eigenvalue weighted by atomic mass is 9.76. The molecular weight excluding hydrogens is 414 g/mol. The van der Waals surface area contributed by atoms with Crippen LogP contribution in [-0.2, 0) is 9.53 Å². The molecule has 0 aromatic heterocycles. The van der Waals surface area contributed by atoms with Gasteiger partial charge in [-0.15, -0.1) is 0 Å². The van der Waals surface area contributed by atoms with Gasteiger partial charge in [0.15, 0.2) is 11.6 Å². The first-order valence-electron chi connectivity index (χ1n) is 12.1. The molecule has 0 radical (unpaired) electrons. The van der Waals surface area contributed by atoms with Gasteiger partial charge < -0.3 is 14.6 Å². The summed E-state index contributed by atoms with van der Waals surface area (Å²) in [5, 5.41) is 10.8. The number of aliphatic hydroxyl groups excluding tert-OH is 1. The first-order chi connectivity index (χ1) is 15.1. The van der Waals surface area contributed by atoms with E-state index in [0.29, 0.717) is 6.42 Å². The molecule has 1 aliphatic rings. The molecule has 0 heterocycles. The fourth-order valence-electron chi connectivity index (χ4n) is 4.70. The van der Waals surface area contributed by atoms with Gasteiger partial charge >= 0.3 is 5.97 Å². The molecule has 32 heavy (non-hydrogen) atoms. The highest BCUT2D eigenvalue weighted by Gasteiger charge is 2.33. The highest BCUT2D eigenvalue weighted by Crippen LogP contribution is 2.37. The second kappa shape index (κ2) is 12.0. The van der Waals surface area contributed by atoms with Crippen LogP contribution in [0.3, 0.4) is 0 Å². The number of carbonyl (C=O) groups excluding carboxylic acids is 1. The topological polar surface area (TPSA) is 55.8 Å². The molecule has 2 atom stereocenters. The van der Waals surface area contributed by atoms with Crippen LogP contribution in [0.1, 0.15) is 97.5 Å². The molecule has 0 amide bonds. The van der Waals surface area contributed by atoms with E-state index < -0.39 is 35.2 Å². The van der Waals surface area contributed by atoms with Crippen molar-refractivity contribution >= 4 is 5.97 Å². The largest absolute Gasteiger partial charge is 0.491 e. The maximum Gasteiger partial charge on any atom is 0.314 e. The minimum absolute atomic E-state index is 0.0564. The van der Waals surface area contributed by atoms with Crippen LogP contribution in [0.2, 0.25) is 0 Å². The van der Waals surface area contributed by atoms with Crippen LogP contribution in [0, 0.1) is 23.5 Å². The van der Waals surface area contributed by atoms with Crippen molar-refractivity contribution in [3.05, 3.63) is 29.3 Å². The van der Waals surface area contributed by atoms with Crippen molar-refractivity contribution in [2.75, 3.05) is 6.61 Å². The molecule has 1 saturated carbocycles. The maximum atomic E-state index is 14.9. The van der Waals surface area contributed by atoms with Crippen LogP contribution >= 0.6 is 0 Å². The predicted octanol–water partition coefficient (Wildman–Crippen LogP) is 6.54. The summed E-state index contributed by atoms with van der Waals surface area (Å²) in [7, 11) is 0. The Morgan fingerprint density at radius 3 is 2.31 bits per heavy atom. The molecular formula is C26H40F2O4. The number of esters is 1. The third-order valence-electron chi connectivity index (χ3n) is 6.33. The molecule has 1 N–H and O–H groups in total. The van der Waals surface area contributed by atoms with Crippen molar-refractivity contribution in [2.45, 2.75) is 104 Å². The molecule has 1 aliphatic carbocycles. The van der Waals surface area contributed by atoms with E-state index in [0.717, 1.165) is 31.6 Å². The molecule has 4 nitrogen and oxygen atoms in total. The zero-order valence-corrected chi connectivity index (χ0v) is 20.3. The van der Waals surface area contributed by atoms with Gasteiger partial charge in [-0.25, -0.2) is 4.39 Å². The summed E-state index contributed by atoms with van der Waals surface area (Å²) in [5.74, 6) is -3.07. The lowest BCUT2D eigenvalue weighted by Gasteiger charge is -2.32. The summed E-state index contributed by atoms with van der Waals surface area (Å²) in [4.78, 5) is 12.9. The average molecular weight is 455 g/mol. The van der Waals surface area contributed by atoms with Crippen LogP contribution in [0.4, 0.5) is 8.78 Å². The minimum atomic E-state index is -1.10. The van der Waals surface area contributed by atoms with Gasteiger partial charge in [-0.1, -0.05) is 38.7 Å². The molecule has 1 aromatic rings. The lowest BCUT2D eigenvalue weighted by Crippen LogP contribution is -2.30. The Morgan fingerprint density at radius 2 is 1.75 bits per heavy atom. The Hall–Kier alpha value is -1.69. The van der Waals surface area contributed by atoms with Crippen molar-refractivity contribution in [1.82, 2.24) is 0 Å². The molecule has 6 heteroatoms. The Balaban J connectivity index is 2.15. The van der Waals surface area contributed by atoms with Gasteiger partial charge in [0, 0.05) is 5.56 Å². The minimum Gasteiger partial charge on any atom is -0.491 e. The van der Waals surface area contributed by atoms with Crippen molar-refractivity contribution in [3.8, 4) is 5.75 Å². The second-order valence-electron chi connectivity index (χ2n) is 10.0. The number of ether oxygens (including phenoxy) is 2. The van der Waals surface area contributed by atoms with E-state index in [9.17, 15) is 18.7 Å². The monoisotopic (exact) mass is 454 g/mol. The van der Waals surface area contributed by atoms with Gasteiger partial charge in [0.2, 0.25) is 5.82 Å².